The van der Waals surface area contributed by atoms with Gasteiger partial charge < -0.3 is 14.4 Å². The topological polar surface area (TPSA) is 11.4 Å². The molecule has 272 valence electrons. The highest BCUT2D eigenvalue weighted by Crippen LogP contribution is 2.61. The van der Waals surface area contributed by atoms with Gasteiger partial charge in [-0.15, -0.1) is 0 Å². The number of hydrogen-bond acceptors (Lipinski definition) is 2. The SMILES string of the molecule is c1ccc(-c2ccc3c(c2)N(c2ccccc2)c2cc(-n4c5ccccc5c5ccccc54)cc4c2C3c2ccc(-c3ccccc3)cc2N4c2ccccc2)cc1. The maximum atomic E-state index is 2.51. The summed E-state index contributed by atoms with van der Waals surface area (Å²) < 4.78 is 2.47. The van der Waals surface area contributed by atoms with Crippen molar-refractivity contribution in [1.29, 1.82) is 0 Å². The van der Waals surface area contributed by atoms with Gasteiger partial charge in [0.05, 0.1) is 39.5 Å². The summed E-state index contributed by atoms with van der Waals surface area (Å²) >= 11 is 0. The van der Waals surface area contributed by atoms with E-state index in [9.17, 15) is 0 Å². The minimum absolute atomic E-state index is 0.00299. The van der Waals surface area contributed by atoms with Gasteiger partial charge in [-0.2, -0.15) is 0 Å². The molecule has 0 atom stereocenters. The lowest BCUT2D eigenvalue weighted by molar-refractivity contribution is 0.906. The van der Waals surface area contributed by atoms with Crippen molar-refractivity contribution >= 4 is 55.9 Å². The van der Waals surface area contributed by atoms with E-state index < -0.39 is 0 Å². The van der Waals surface area contributed by atoms with Crippen LogP contribution in [-0.2, 0) is 0 Å². The Morgan fingerprint density at radius 3 is 1.14 bits per heavy atom. The molecule has 1 aromatic heterocycles. The molecule has 3 nitrogen and oxygen atoms in total. The second kappa shape index (κ2) is 13.0. The first-order chi connectivity index (χ1) is 28.8. The molecular weight excluding hydrogens is 703 g/mol. The normalized spacial score (nSPS) is 13.0. The highest BCUT2D eigenvalue weighted by Gasteiger charge is 2.42. The fourth-order valence-corrected chi connectivity index (χ4v) is 9.64. The van der Waals surface area contributed by atoms with Crippen molar-refractivity contribution in [2.75, 3.05) is 9.80 Å². The molecule has 2 aliphatic heterocycles. The molecule has 0 N–H and O–H groups in total. The molecule has 0 bridgehead atoms. The Balaban J connectivity index is 1.23. The zero-order chi connectivity index (χ0) is 38.2. The van der Waals surface area contributed by atoms with Crippen LogP contribution in [0.15, 0.2) is 218 Å². The van der Waals surface area contributed by atoms with Crippen molar-refractivity contribution in [2.24, 2.45) is 0 Å². The predicted octanol–water partition coefficient (Wildman–Crippen LogP) is 14.9. The molecule has 3 heterocycles. The Bertz CT molecular complexity index is 2960. The van der Waals surface area contributed by atoms with Gasteiger partial charge in [-0.1, -0.05) is 158 Å². The third-order valence-electron chi connectivity index (χ3n) is 12.1. The summed E-state index contributed by atoms with van der Waals surface area (Å²) in [6.45, 7) is 0. The summed E-state index contributed by atoms with van der Waals surface area (Å²) in [6, 6.07) is 80.1. The fraction of sp³-hybridized carbons (Fsp3) is 0.0182. The van der Waals surface area contributed by atoms with Crippen molar-refractivity contribution in [3.63, 3.8) is 0 Å². The number of hydrogen-bond donors (Lipinski definition) is 0. The average molecular weight is 740 g/mol. The molecule has 0 aliphatic carbocycles. The Morgan fingerprint density at radius 2 is 0.690 bits per heavy atom. The van der Waals surface area contributed by atoms with Crippen molar-refractivity contribution < 1.29 is 0 Å². The minimum Gasteiger partial charge on any atom is -0.310 e. The lowest BCUT2D eigenvalue weighted by Crippen LogP contribution is -2.29. The van der Waals surface area contributed by atoms with Crippen LogP contribution < -0.4 is 9.80 Å². The molecule has 0 spiro atoms. The van der Waals surface area contributed by atoms with Crippen LogP contribution in [-0.4, -0.2) is 4.57 Å². The Hall–Kier alpha value is -7.62. The predicted molar refractivity (Wildman–Crippen MR) is 242 cm³/mol. The van der Waals surface area contributed by atoms with Gasteiger partial charge in [-0.05, 0) is 94.0 Å². The van der Waals surface area contributed by atoms with Crippen LogP contribution in [0.5, 0.6) is 0 Å². The number of rotatable bonds is 5. The van der Waals surface area contributed by atoms with Crippen molar-refractivity contribution in [2.45, 2.75) is 5.92 Å². The Morgan fingerprint density at radius 1 is 0.293 bits per heavy atom. The first-order valence-corrected chi connectivity index (χ1v) is 20.1. The summed E-state index contributed by atoms with van der Waals surface area (Å²) in [6.07, 6.45) is 0. The van der Waals surface area contributed by atoms with Crippen molar-refractivity contribution in [3.8, 4) is 27.9 Å². The highest BCUT2D eigenvalue weighted by molar-refractivity contribution is 6.10. The summed E-state index contributed by atoms with van der Waals surface area (Å²) in [5.41, 5.74) is 19.2. The number of aromatic nitrogens is 1. The van der Waals surface area contributed by atoms with E-state index in [0.29, 0.717) is 0 Å². The van der Waals surface area contributed by atoms with E-state index in [1.807, 2.05) is 0 Å². The van der Waals surface area contributed by atoms with Crippen LogP contribution in [0, 0.1) is 0 Å². The quantitative estimate of drug-likeness (QED) is 0.174. The minimum atomic E-state index is -0.00299. The van der Waals surface area contributed by atoms with Crippen LogP contribution in [0.3, 0.4) is 0 Å². The van der Waals surface area contributed by atoms with E-state index in [1.165, 1.54) is 83.5 Å². The third kappa shape index (κ3) is 4.93. The summed E-state index contributed by atoms with van der Waals surface area (Å²) in [5, 5.41) is 2.50. The molecular formula is C55H37N3. The lowest BCUT2D eigenvalue weighted by atomic mass is 9.75. The van der Waals surface area contributed by atoms with E-state index in [2.05, 4.69) is 233 Å². The smallest absolute Gasteiger partial charge is 0.0545 e. The molecule has 9 aromatic carbocycles. The molecule has 0 saturated heterocycles. The molecule has 10 aromatic rings. The molecule has 3 heteroatoms. The Kier molecular flexibility index (Phi) is 7.29. The monoisotopic (exact) mass is 739 g/mol. The molecule has 58 heavy (non-hydrogen) atoms. The number of benzene rings is 9. The Labute approximate surface area is 337 Å². The second-order valence-electron chi connectivity index (χ2n) is 15.3. The maximum Gasteiger partial charge on any atom is 0.0545 e. The molecule has 12 rings (SSSR count). The van der Waals surface area contributed by atoms with Crippen molar-refractivity contribution in [3.05, 3.63) is 235 Å². The summed E-state index contributed by atoms with van der Waals surface area (Å²) in [7, 11) is 0. The van der Waals surface area contributed by atoms with Gasteiger partial charge in [0, 0.05) is 33.6 Å². The van der Waals surface area contributed by atoms with Crippen LogP contribution >= 0.6 is 0 Å². The number of para-hydroxylation sites is 4. The first-order valence-electron chi connectivity index (χ1n) is 20.1. The molecule has 0 amide bonds. The molecule has 0 saturated carbocycles. The summed E-state index contributed by atoms with van der Waals surface area (Å²) in [5.74, 6) is -0.00299. The first kappa shape index (κ1) is 32.6. The van der Waals surface area contributed by atoms with Gasteiger partial charge in [-0.25, -0.2) is 0 Å². The van der Waals surface area contributed by atoms with Gasteiger partial charge >= 0.3 is 0 Å². The third-order valence-corrected chi connectivity index (χ3v) is 12.1. The average Bonchev–Trinajstić information content (AvgIpc) is 3.64. The standard InChI is InChI=1S/C55H37N3/c1-5-17-37(18-6-1)39-29-31-46-50(33-39)56(41-21-9-3-10-22-41)52-35-43(58-48-27-15-13-25-44(48)45-26-14-16-28-49(45)58)36-53-55(52)54(46)47-32-30-40(38-19-7-2-8-20-38)34-51(47)57(53)42-23-11-4-12-24-42/h1-36,54H. The molecule has 0 fully saturated rings. The van der Waals surface area contributed by atoms with Crippen LogP contribution in [0.2, 0.25) is 0 Å². The van der Waals surface area contributed by atoms with E-state index in [0.717, 1.165) is 17.1 Å². The van der Waals surface area contributed by atoms with E-state index in [1.54, 1.807) is 0 Å². The van der Waals surface area contributed by atoms with E-state index >= 15 is 0 Å². The van der Waals surface area contributed by atoms with Gasteiger partial charge in [0.1, 0.15) is 0 Å². The van der Waals surface area contributed by atoms with Crippen LogP contribution in [0.4, 0.5) is 34.1 Å². The van der Waals surface area contributed by atoms with Gasteiger partial charge in [-0.3, -0.25) is 0 Å². The largest absolute Gasteiger partial charge is 0.310 e. The van der Waals surface area contributed by atoms with Crippen LogP contribution in [0.25, 0.3) is 49.7 Å². The van der Waals surface area contributed by atoms with Crippen LogP contribution in [0.1, 0.15) is 22.6 Å². The number of fused-ring (bicyclic) bond motifs is 7. The van der Waals surface area contributed by atoms with Gasteiger partial charge in [0.2, 0.25) is 0 Å². The zero-order valence-corrected chi connectivity index (χ0v) is 31.7. The highest BCUT2D eigenvalue weighted by atomic mass is 15.2. The van der Waals surface area contributed by atoms with Crippen molar-refractivity contribution in [1.82, 2.24) is 4.57 Å². The molecule has 0 radical (unpaired) electrons. The fourth-order valence-electron chi connectivity index (χ4n) is 9.64. The van der Waals surface area contributed by atoms with Gasteiger partial charge in [0.25, 0.3) is 0 Å². The molecule has 2 aliphatic rings. The van der Waals surface area contributed by atoms with Gasteiger partial charge in [0.15, 0.2) is 0 Å². The maximum absolute atomic E-state index is 2.51. The van der Waals surface area contributed by atoms with E-state index in [4.69, 9.17) is 0 Å². The molecule has 0 unspecified atom stereocenters. The summed E-state index contributed by atoms with van der Waals surface area (Å²) in [4.78, 5) is 5.03. The van der Waals surface area contributed by atoms with E-state index in [-0.39, 0.29) is 5.92 Å². The lowest BCUT2D eigenvalue weighted by Gasteiger charge is -2.45. The number of nitrogens with zero attached hydrogens (tertiary/aromatic N) is 3. The number of anilines is 6. The zero-order valence-electron chi connectivity index (χ0n) is 31.7. The second-order valence-corrected chi connectivity index (χ2v) is 15.3.